The molecule has 0 aromatic heterocycles. The summed E-state index contributed by atoms with van der Waals surface area (Å²) in [5.41, 5.74) is 2.75. The molecule has 0 radical (unpaired) electrons. The maximum absolute atomic E-state index is 13.5. The maximum Gasteiger partial charge on any atom is 0.277 e. The molecule has 2 aliphatic heterocycles. The van der Waals surface area contributed by atoms with Crippen LogP contribution < -0.4 is 9.80 Å². The van der Waals surface area contributed by atoms with Gasteiger partial charge in [0.1, 0.15) is 5.70 Å². The summed E-state index contributed by atoms with van der Waals surface area (Å²) in [6.45, 7) is 5.94. The van der Waals surface area contributed by atoms with Crippen molar-refractivity contribution >= 4 is 57.1 Å². The average molecular weight is 554 g/mol. The highest BCUT2D eigenvalue weighted by Crippen LogP contribution is 2.49. The predicted molar refractivity (Wildman–Crippen MR) is 170 cm³/mol. The molecule has 1 fully saturated rings. The van der Waals surface area contributed by atoms with Crippen LogP contribution in [0.1, 0.15) is 46.0 Å². The molecule has 3 aromatic carbocycles. The topological polar surface area (TPSA) is 26.8 Å². The van der Waals surface area contributed by atoms with Gasteiger partial charge in [0.15, 0.2) is 5.11 Å². The molecular formula is C33H35N3OS2. The summed E-state index contributed by atoms with van der Waals surface area (Å²) < 4.78 is 0. The molecule has 4 nitrogen and oxygen atoms in total. The van der Waals surface area contributed by atoms with E-state index in [-0.39, 0.29) is 5.91 Å². The van der Waals surface area contributed by atoms with E-state index in [1.54, 1.807) is 16.7 Å². The molecule has 6 heteroatoms. The van der Waals surface area contributed by atoms with Crippen LogP contribution in [-0.4, -0.2) is 29.0 Å². The number of rotatable bonds is 10. The van der Waals surface area contributed by atoms with Gasteiger partial charge in [-0.1, -0.05) is 105 Å². The Morgan fingerprint density at radius 2 is 1.56 bits per heavy atom. The van der Waals surface area contributed by atoms with Crippen LogP contribution in [0.2, 0.25) is 0 Å². The summed E-state index contributed by atoms with van der Waals surface area (Å²) in [4.78, 5) is 20.8. The Morgan fingerprint density at radius 3 is 2.36 bits per heavy atom. The number of para-hydroxylation sites is 1. The number of thioether (sulfide) groups is 1. The number of allylic oxidation sites excluding steroid dienone is 4. The number of nitrogens with zero attached hydrogens (tertiary/aromatic N) is 3. The highest BCUT2D eigenvalue weighted by Gasteiger charge is 2.38. The third-order valence-corrected chi connectivity index (χ3v) is 8.77. The first kappa shape index (κ1) is 27.2. The van der Waals surface area contributed by atoms with Crippen molar-refractivity contribution in [2.45, 2.75) is 50.8 Å². The van der Waals surface area contributed by atoms with Gasteiger partial charge in [-0.3, -0.25) is 14.6 Å². The number of amides is 1. The Morgan fingerprint density at radius 1 is 0.821 bits per heavy atom. The summed E-state index contributed by atoms with van der Waals surface area (Å²) in [7, 11) is 0. The van der Waals surface area contributed by atoms with Gasteiger partial charge < -0.3 is 4.90 Å². The minimum absolute atomic E-state index is 0.0269. The van der Waals surface area contributed by atoms with Crippen molar-refractivity contribution in [2.24, 2.45) is 0 Å². The number of hydrogen-bond acceptors (Lipinski definition) is 4. The van der Waals surface area contributed by atoms with Crippen molar-refractivity contribution in [1.82, 2.24) is 4.90 Å². The van der Waals surface area contributed by atoms with E-state index >= 15 is 0 Å². The zero-order chi connectivity index (χ0) is 27.2. The number of carbonyl (C=O) groups excluding carboxylic acids is 1. The molecule has 39 heavy (non-hydrogen) atoms. The molecule has 0 saturated carbocycles. The van der Waals surface area contributed by atoms with E-state index in [4.69, 9.17) is 12.2 Å². The molecule has 0 aliphatic carbocycles. The summed E-state index contributed by atoms with van der Waals surface area (Å²) in [5.74, 6) is -0.0269. The third kappa shape index (κ3) is 5.68. The molecule has 5 rings (SSSR count). The number of fused-ring (bicyclic) bond motifs is 3. The quantitative estimate of drug-likeness (QED) is 0.142. The zero-order valence-electron chi connectivity index (χ0n) is 22.7. The lowest BCUT2D eigenvalue weighted by atomic mass is 10.1. The molecule has 0 atom stereocenters. The van der Waals surface area contributed by atoms with E-state index in [9.17, 15) is 4.79 Å². The van der Waals surface area contributed by atoms with Crippen LogP contribution in [-0.2, 0) is 4.79 Å². The van der Waals surface area contributed by atoms with Gasteiger partial charge in [0.2, 0.25) is 0 Å². The van der Waals surface area contributed by atoms with Gasteiger partial charge in [-0.15, -0.1) is 0 Å². The monoisotopic (exact) mass is 553 g/mol. The molecule has 2 heterocycles. The average Bonchev–Trinajstić information content (AvgIpc) is 3.45. The van der Waals surface area contributed by atoms with E-state index in [2.05, 4.69) is 61.2 Å². The molecule has 1 saturated heterocycles. The first-order valence-electron chi connectivity index (χ1n) is 13.9. The molecule has 0 N–H and O–H groups in total. The van der Waals surface area contributed by atoms with Gasteiger partial charge >= 0.3 is 0 Å². The minimum Gasteiger partial charge on any atom is -0.335 e. The highest BCUT2D eigenvalue weighted by molar-refractivity contribution is 8.04. The number of thiocarbonyl (C=S) groups is 1. The lowest BCUT2D eigenvalue weighted by Crippen LogP contribution is -2.33. The van der Waals surface area contributed by atoms with Gasteiger partial charge in [0.05, 0.1) is 10.7 Å². The number of anilines is 2. The molecule has 1 amide bonds. The Hall–Kier alpha value is -3.35. The normalized spacial score (nSPS) is 17.5. The Kier molecular flexibility index (Phi) is 8.84. The summed E-state index contributed by atoms with van der Waals surface area (Å²) in [6.07, 6.45) is 13.7. The second-order valence-electron chi connectivity index (χ2n) is 9.75. The van der Waals surface area contributed by atoms with Gasteiger partial charge in [-0.2, -0.15) is 0 Å². The van der Waals surface area contributed by atoms with Gasteiger partial charge in [0, 0.05) is 23.7 Å². The highest BCUT2D eigenvalue weighted by atomic mass is 32.2. The van der Waals surface area contributed by atoms with E-state index < -0.39 is 0 Å². The van der Waals surface area contributed by atoms with Crippen LogP contribution in [0.3, 0.4) is 0 Å². The van der Waals surface area contributed by atoms with Gasteiger partial charge in [-0.25, -0.2) is 0 Å². The van der Waals surface area contributed by atoms with Crippen molar-refractivity contribution in [1.29, 1.82) is 0 Å². The van der Waals surface area contributed by atoms with Gasteiger partial charge in [-0.05, 0) is 66.7 Å². The fraction of sp³-hybridized carbons (Fsp3) is 0.273. The molecule has 0 spiro atoms. The second kappa shape index (κ2) is 12.7. The number of hydrogen-bond donors (Lipinski definition) is 0. The Balaban J connectivity index is 1.38. The Bertz CT molecular complexity index is 1440. The first-order valence-corrected chi connectivity index (χ1v) is 15.1. The van der Waals surface area contributed by atoms with Crippen molar-refractivity contribution in [2.75, 3.05) is 22.9 Å². The molecule has 0 bridgehead atoms. The molecule has 200 valence electrons. The fourth-order valence-electron chi connectivity index (χ4n) is 5.15. The lowest BCUT2D eigenvalue weighted by Gasteiger charge is -2.20. The number of benzene rings is 3. The maximum atomic E-state index is 13.5. The van der Waals surface area contributed by atoms with Crippen molar-refractivity contribution in [3.05, 3.63) is 102 Å². The molecular weight excluding hydrogens is 519 g/mol. The van der Waals surface area contributed by atoms with E-state index in [0.29, 0.717) is 17.4 Å². The van der Waals surface area contributed by atoms with Crippen molar-refractivity contribution in [3.8, 4) is 0 Å². The summed E-state index contributed by atoms with van der Waals surface area (Å²) in [6, 6.07) is 22.9. The van der Waals surface area contributed by atoms with Crippen molar-refractivity contribution in [3.63, 3.8) is 0 Å². The molecule has 0 unspecified atom stereocenters. The number of unbranched alkanes of at least 4 members (excludes halogenated alkanes) is 4. The third-order valence-electron chi connectivity index (χ3n) is 7.17. The standard InChI is InChI=1S/C33H35N3OS2/c1-3-5-6-7-15-24-35-32(37)29(36(33(35)38)26-17-9-8-10-18-26)20-13-14-21-30-34(4-2)28-23-22-25-16-11-12-19-27(25)31(28)39-30/h8-14,16-23H,3-7,15,24H2,1-2H3. The van der Waals surface area contributed by atoms with E-state index in [1.807, 2.05) is 53.5 Å². The smallest absolute Gasteiger partial charge is 0.277 e. The zero-order valence-corrected chi connectivity index (χ0v) is 24.3. The number of carbonyl (C=O) groups is 1. The lowest BCUT2D eigenvalue weighted by molar-refractivity contribution is -0.122. The summed E-state index contributed by atoms with van der Waals surface area (Å²) in [5, 5.41) is 4.28. The van der Waals surface area contributed by atoms with Crippen LogP contribution in [0.4, 0.5) is 11.4 Å². The Labute approximate surface area is 241 Å². The predicted octanol–water partition coefficient (Wildman–Crippen LogP) is 8.66. The van der Waals surface area contributed by atoms with Gasteiger partial charge in [0.25, 0.3) is 5.91 Å². The summed E-state index contributed by atoms with van der Waals surface area (Å²) >= 11 is 7.62. The van der Waals surface area contributed by atoms with Crippen LogP contribution in [0.5, 0.6) is 0 Å². The van der Waals surface area contributed by atoms with Crippen LogP contribution in [0, 0.1) is 0 Å². The van der Waals surface area contributed by atoms with Crippen LogP contribution >= 0.6 is 24.0 Å². The SMILES string of the molecule is CCCCCCCN1C(=O)C(=CC=CC=C2Sc3c(ccc4ccccc34)N2CC)N(c2ccccc2)C1=S. The second-order valence-corrected chi connectivity index (χ2v) is 11.1. The first-order chi connectivity index (χ1) is 19.1. The molecule has 3 aromatic rings. The van der Waals surface area contributed by atoms with E-state index in [0.717, 1.165) is 25.1 Å². The molecule has 2 aliphatic rings. The minimum atomic E-state index is -0.0269. The fourth-order valence-corrected chi connectivity index (χ4v) is 6.80. The van der Waals surface area contributed by atoms with Crippen molar-refractivity contribution < 1.29 is 4.79 Å². The van der Waals surface area contributed by atoms with E-state index in [1.165, 1.54) is 45.6 Å². The largest absolute Gasteiger partial charge is 0.335 e. The van der Waals surface area contributed by atoms with Crippen LogP contribution in [0.25, 0.3) is 10.8 Å². The van der Waals surface area contributed by atoms with Crippen LogP contribution in [0.15, 0.2) is 107 Å².